The number of nitrogens with zero attached hydrogens (tertiary/aromatic N) is 1. The number of hydrogen-bond donors (Lipinski definition) is 1. The Morgan fingerprint density at radius 1 is 1.39 bits per heavy atom. The molecule has 5 nitrogen and oxygen atoms in total. The molecule has 0 unspecified atom stereocenters. The average molecular weight is 271 g/mol. The molecule has 0 aromatic heterocycles. The molecule has 18 heavy (non-hydrogen) atoms. The third-order valence-electron chi connectivity index (χ3n) is 2.39. The van der Waals surface area contributed by atoms with Crippen LogP contribution in [-0.4, -0.2) is 37.4 Å². The topological polar surface area (TPSA) is 72.6 Å². The number of primary amides is 1. The molecule has 0 fully saturated rings. The van der Waals surface area contributed by atoms with Crippen molar-refractivity contribution in [3.05, 3.63) is 28.3 Å². The summed E-state index contributed by atoms with van der Waals surface area (Å²) in [4.78, 5) is 24.0. The van der Waals surface area contributed by atoms with E-state index in [0.29, 0.717) is 16.1 Å². The number of benzene rings is 1. The van der Waals surface area contributed by atoms with Crippen LogP contribution in [0.2, 0.25) is 5.02 Å². The van der Waals surface area contributed by atoms with Gasteiger partial charge in [-0.25, -0.2) is 0 Å². The minimum atomic E-state index is -0.562. The average Bonchev–Trinajstić information content (AvgIpc) is 2.26. The van der Waals surface area contributed by atoms with Gasteiger partial charge in [-0.05, 0) is 24.6 Å². The Hall–Kier alpha value is -1.75. The number of rotatable bonds is 4. The molecule has 0 spiro atoms. The summed E-state index contributed by atoms with van der Waals surface area (Å²) < 4.78 is 5.27. The van der Waals surface area contributed by atoms with Gasteiger partial charge in [-0.3, -0.25) is 9.59 Å². The Kier molecular flexibility index (Phi) is 4.55. The van der Waals surface area contributed by atoms with E-state index in [0.717, 1.165) is 0 Å². The fraction of sp³-hybridized carbons (Fsp3) is 0.333. The van der Waals surface area contributed by atoms with Crippen LogP contribution >= 0.6 is 11.6 Å². The van der Waals surface area contributed by atoms with E-state index in [1.165, 1.54) is 11.0 Å². The van der Waals surface area contributed by atoms with Crippen LogP contribution in [0.3, 0.4) is 0 Å². The van der Waals surface area contributed by atoms with Crippen molar-refractivity contribution in [3.63, 3.8) is 0 Å². The quantitative estimate of drug-likeness (QED) is 0.894. The van der Waals surface area contributed by atoms with Gasteiger partial charge in [-0.2, -0.15) is 0 Å². The van der Waals surface area contributed by atoms with Crippen LogP contribution in [0.1, 0.15) is 15.9 Å². The first-order valence-electron chi connectivity index (χ1n) is 5.25. The van der Waals surface area contributed by atoms with Gasteiger partial charge in [0.05, 0.1) is 5.02 Å². The summed E-state index contributed by atoms with van der Waals surface area (Å²) in [5, 5.41) is 0.337. The number of likely N-dealkylation sites (N-methyl/N-ethyl adjacent to an activating group) is 1. The minimum absolute atomic E-state index is 0.145. The van der Waals surface area contributed by atoms with Crippen molar-refractivity contribution < 1.29 is 14.3 Å². The molecule has 6 heteroatoms. The molecule has 0 radical (unpaired) electrons. The van der Waals surface area contributed by atoms with Gasteiger partial charge in [0.25, 0.3) is 5.91 Å². The number of carbonyl (C=O) groups excluding carboxylic acids is 2. The standard InChI is InChI=1S/C12H15ClN2O3/c1-7-4-9(13)10(5-8(7)12(14)17)18-6-11(16)15(2)3/h4-5H,6H2,1-3H3,(H2,14,17). The van der Waals surface area contributed by atoms with Crippen LogP contribution in [0.4, 0.5) is 0 Å². The maximum Gasteiger partial charge on any atom is 0.259 e. The fourth-order valence-corrected chi connectivity index (χ4v) is 1.57. The number of aryl methyl sites for hydroxylation is 1. The second kappa shape index (κ2) is 5.73. The molecule has 98 valence electrons. The van der Waals surface area contributed by atoms with Crippen molar-refractivity contribution in [2.45, 2.75) is 6.92 Å². The molecule has 0 aliphatic heterocycles. The Balaban J connectivity index is 2.92. The summed E-state index contributed by atoms with van der Waals surface area (Å²) in [6.45, 7) is 1.58. The molecule has 2 amide bonds. The predicted molar refractivity (Wildman–Crippen MR) is 68.9 cm³/mol. The van der Waals surface area contributed by atoms with E-state index in [1.807, 2.05) is 0 Å². The van der Waals surface area contributed by atoms with E-state index in [2.05, 4.69) is 0 Å². The lowest BCUT2D eigenvalue weighted by Crippen LogP contribution is -2.27. The summed E-state index contributed by atoms with van der Waals surface area (Å²) in [5.41, 5.74) is 6.22. The number of nitrogens with two attached hydrogens (primary N) is 1. The molecule has 0 saturated heterocycles. The van der Waals surface area contributed by atoms with Crippen LogP contribution in [0.15, 0.2) is 12.1 Å². The van der Waals surface area contributed by atoms with Gasteiger partial charge in [0.1, 0.15) is 5.75 Å². The number of carbonyl (C=O) groups is 2. The van der Waals surface area contributed by atoms with E-state index in [4.69, 9.17) is 22.1 Å². The Labute approximate surface area is 110 Å². The Bertz CT molecular complexity index is 486. The van der Waals surface area contributed by atoms with Crippen molar-refractivity contribution in [2.24, 2.45) is 5.73 Å². The summed E-state index contributed by atoms with van der Waals surface area (Å²) in [5.74, 6) is -0.494. The summed E-state index contributed by atoms with van der Waals surface area (Å²) in [6, 6.07) is 3.03. The largest absolute Gasteiger partial charge is 0.482 e. The molecule has 2 N–H and O–H groups in total. The number of amides is 2. The highest BCUT2D eigenvalue weighted by molar-refractivity contribution is 6.32. The van der Waals surface area contributed by atoms with Crippen LogP contribution in [0.5, 0.6) is 5.75 Å². The molecule has 0 bridgehead atoms. The van der Waals surface area contributed by atoms with Crippen LogP contribution < -0.4 is 10.5 Å². The van der Waals surface area contributed by atoms with Crippen LogP contribution in [0.25, 0.3) is 0 Å². The van der Waals surface area contributed by atoms with Gasteiger partial charge in [-0.15, -0.1) is 0 Å². The molecule has 0 heterocycles. The minimum Gasteiger partial charge on any atom is -0.482 e. The first-order chi connectivity index (χ1) is 8.32. The molecule has 0 atom stereocenters. The number of hydrogen-bond acceptors (Lipinski definition) is 3. The molecule has 0 saturated carbocycles. The molecular weight excluding hydrogens is 256 g/mol. The third kappa shape index (κ3) is 3.37. The second-order valence-electron chi connectivity index (χ2n) is 4.04. The maximum absolute atomic E-state index is 11.4. The van der Waals surface area contributed by atoms with E-state index < -0.39 is 5.91 Å². The first kappa shape index (κ1) is 14.3. The lowest BCUT2D eigenvalue weighted by molar-refractivity contribution is -0.130. The maximum atomic E-state index is 11.4. The number of halogens is 1. The highest BCUT2D eigenvalue weighted by Crippen LogP contribution is 2.28. The summed E-state index contributed by atoms with van der Waals surface area (Å²) >= 11 is 5.97. The molecular formula is C12H15ClN2O3. The van der Waals surface area contributed by atoms with E-state index in [9.17, 15) is 9.59 Å². The van der Waals surface area contributed by atoms with Crippen molar-refractivity contribution in [1.29, 1.82) is 0 Å². The van der Waals surface area contributed by atoms with Gasteiger partial charge in [0, 0.05) is 19.7 Å². The van der Waals surface area contributed by atoms with Crippen LogP contribution in [-0.2, 0) is 4.79 Å². The van der Waals surface area contributed by atoms with Crippen LogP contribution in [0, 0.1) is 6.92 Å². The van der Waals surface area contributed by atoms with E-state index in [-0.39, 0.29) is 18.3 Å². The zero-order valence-electron chi connectivity index (χ0n) is 10.5. The highest BCUT2D eigenvalue weighted by atomic mass is 35.5. The van der Waals surface area contributed by atoms with Crippen molar-refractivity contribution in [3.8, 4) is 5.75 Å². The van der Waals surface area contributed by atoms with Crippen molar-refractivity contribution in [1.82, 2.24) is 4.90 Å². The van der Waals surface area contributed by atoms with E-state index >= 15 is 0 Å². The zero-order chi connectivity index (χ0) is 13.9. The smallest absolute Gasteiger partial charge is 0.259 e. The van der Waals surface area contributed by atoms with Gasteiger partial charge in [0.2, 0.25) is 5.91 Å². The lowest BCUT2D eigenvalue weighted by Gasteiger charge is -2.13. The molecule has 1 aromatic carbocycles. The Morgan fingerprint density at radius 3 is 2.50 bits per heavy atom. The molecule has 0 aliphatic rings. The summed E-state index contributed by atoms with van der Waals surface area (Å²) in [7, 11) is 3.24. The third-order valence-corrected chi connectivity index (χ3v) is 2.69. The van der Waals surface area contributed by atoms with Gasteiger partial charge >= 0.3 is 0 Å². The monoisotopic (exact) mass is 270 g/mol. The number of ether oxygens (including phenoxy) is 1. The first-order valence-corrected chi connectivity index (χ1v) is 5.63. The van der Waals surface area contributed by atoms with Crippen molar-refractivity contribution >= 4 is 23.4 Å². The normalized spacial score (nSPS) is 10.0. The molecule has 0 aliphatic carbocycles. The van der Waals surface area contributed by atoms with Crippen molar-refractivity contribution in [2.75, 3.05) is 20.7 Å². The molecule has 1 aromatic rings. The predicted octanol–water partition coefficient (Wildman–Crippen LogP) is 1.21. The Morgan fingerprint density at radius 2 is 2.00 bits per heavy atom. The van der Waals surface area contributed by atoms with Gasteiger partial charge in [-0.1, -0.05) is 11.6 Å². The van der Waals surface area contributed by atoms with E-state index in [1.54, 1.807) is 27.1 Å². The zero-order valence-corrected chi connectivity index (χ0v) is 11.2. The van der Waals surface area contributed by atoms with Gasteiger partial charge < -0.3 is 15.4 Å². The SMILES string of the molecule is Cc1cc(Cl)c(OCC(=O)N(C)C)cc1C(N)=O. The summed E-state index contributed by atoms with van der Waals surface area (Å²) in [6.07, 6.45) is 0. The molecule has 1 rings (SSSR count). The lowest BCUT2D eigenvalue weighted by atomic mass is 10.1. The fourth-order valence-electron chi connectivity index (χ4n) is 1.30. The highest BCUT2D eigenvalue weighted by Gasteiger charge is 2.12. The van der Waals surface area contributed by atoms with Gasteiger partial charge in [0.15, 0.2) is 6.61 Å². The second-order valence-corrected chi connectivity index (χ2v) is 4.45.